The molecular weight excluding hydrogens is 280 g/mol. The maximum absolute atomic E-state index is 12.3. The SMILES string of the molecule is C[C@H](O)[C@H]1C(O)N[C@@H](Cc2ccc(Cl)cc2)C(=O)N1C. The van der Waals surface area contributed by atoms with Gasteiger partial charge in [0.25, 0.3) is 0 Å². The van der Waals surface area contributed by atoms with Crippen molar-refractivity contribution in [3.05, 3.63) is 34.9 Å². The molecule has 0 aliphatic carbocycles. The zero-order valence-electron chi connectivity index (χ0n) is 11.5. The van der Waals surface area contributed by atoms with Crippen LogP contribution in [0.25, 0.3) is 0 Å². The Morgan fingerprint density at radius 3 is 2.55 bits per heavy atom. The minimum absolute atomic E-state index is 0.142. The average Bonchev–Trinajstić information content (AvgIpc) is 2.38. The lowest BCUT2D eigenvalue weighted by molar-refractivity contribution is -0.150. The van der Waals surface area contributed by atoms with Gasteiger partial charge in [-0.3, -0.25) is 10.1 Å². The number of nitrogens with zero attached hydrogens (tertiary/aromatic N) is 1. The molecule has 0 spiro atoms. The van der Waals surface area contributed by atoms with E-state index in [1.807, 2.05) is 12.1 Å². The van der Waals surface area contributed by atoms with Gasteiger partial charge >= 0.3 is 0 Å². The number of aliphatic hydroxyl groups excluding tert-OH is 2. The minimum Gasteiger partial charge on any atom is -0.391 e. The monoisotopic (exact) mass is 298 g/mol. The van der Waals surface area contributed by atoms with Crippen LogP contribution in [-0.2, 0) is 11.2 Å². The van der Waals surface area contributed by atoms with E-state index in [1.54, 1.807) is 26.1 Å². The number of amides is 1. The van der Waals surface area contributed by atoms with Crippen LogP contribution >= 0.6 is 11.6 Å². The molecule has 6 heteroatoms. The van der Waals surface area contributed by atoms with Crippen molar-refractivity contribution >= 4 is 17.5 Å². The molecule has 3 N–H and O–H groups in total. The van der Waals surface area contributed by atoms with Gasteiger partial charge in [-0.15, -0.1) is 0 Å². The summed E-state index contributed by atoms with van der Waals surface area (Å²) in [6, 6.07) is 6.09. The predicted octanol–water partition coefficient (Wildman–Crippen LogP) is 0.381. The Morgan fingerprint density at radius 2 is 2.00 bits per heavy atom. The van der Waals surface area contributed by atoms with Crippen molar-refractivity contribution in [1.82, 2.24) is 10.2 Å². The molecule has 1 saturated heterocycles. The van der Waals surface area contributed by atoms with Gasteiger partial charge in [0.2, 0.25) is 5.91 Å². The van der Waals surface area contributed by atoms with E-state index in [0.717, 1.165) is 5.56 Å². The van der Waals surface area contributed by atoms with E-state index >= 15 is 0 Å². The summed E-state index contributed by atoms with van der Waals surface area (Å²) in [4.78, 5) is 13.7. The summed E-state index contributed by atoms with van der Waals surface area (Å²) in [5, 5.41) is 23.2. The fraction of sp³-hybridized carbons (Fsp3) is 0.500. The third kappa shape index (κ3) is 3.12. The summed E-state index contributed by atoms with van der Waals surface area (Å²) in [7, 11) is 1.60. The number of carbonyl (C=O) groups excluding carboxylic acids is 1. The molecule has 1 unspecified atom stereocenters. The van der Waals surface area contributed by atoms with Crippen molar-refractivity contribution in [3.8, 4) is 0 Å². The Bertz CT molecular complexity index is 478. The topological polar surface area (TPSA) is 72.8 Å². The molecule has 1 aromatic rings. The number of aliphatic hydroxyl groups is 2. The first-order chi connectivity index (χ1) is 9.40. The van der Waals surface area contributed by atoms with Crippen LogP contribution in [0.5, 0.6) is 0 Å². The molecule has 1 amide bonds. The Balaban J connectivity index is 2.10. The lowest BCUT2D eigenvalue weighted by atomic mass is 9.98. The molecule has 4 atom stereocenters. The van der Waals surface area contributed by atoms with E-state index in [9.17, 15) is 15.0 Å². The number of likely N-dealkylation sites (N-methyl/N-ethyl adjacent to an activating group) is 1. The van der Waals surface area contributed by atoms with Crippen molar-refractivity contribution in [2.75, 3.05) is 7.05 Å². The van der Waals surface area contributed by atoms with E-state index in [0.29, 0.717) is 11.4 Å². The first-order valence-electron chi connectivity index (χ1n) is 6.53. The van der Waals surface area contributed by atoms with E-state index in [1.165, 1.54) is 4.90 Å². The number of piperazine rings is 1. The molecule has 110 valence electrons. The Morgan fingerprint density at radius 1 is 1.40 bits per heavy atom. The third-order valence-corrected chi connectivity index (χ3v) is 3.89. The van der Waals surface area contributed by atoms with Crippen LogP contribution in [0.1, 0.15) is 12.5 Å². The van der Waals surface area contributed by atoms with Gasteiger partial charge in [-0.25, -0.2) is 0 Å². The molecule has 0 aromatic heterocycles. The zero-order valence-corrected chi connectivity index (χ0v) is 12.2. The lowest BCUT2D eigenvalue weighted by Crippen LogP contribution is -2.67. The van der Waals surface area contributed by atoms with E-state index in [2.05, 4.69) is 5.32 Å². The molecule has 0 radical (unpaired) electrons. The highest BCUT2D eigenvalue weighted by Crippen LogP contribution is 2.18. The standard InChI is InChI=1S/C14H19ClN2O3/c1-8(18)12-13(19)16-11(14(20)17(12)2)7-9-3-5-10(15)6-4-9/h3-6,8,11-13,16,18-19H,7H2,1-2H3/t8-,11-,12-,13?/m0/s1. The third-order valence-electron chi connectivity index (χ3n) is 3.64. The molecule has 1 aromatic carbocycles. The molecule has 1 fully saturated rings. The van der Waals surface area contributed by atoms with Crippen LogP contribution in [-0.4, -0.2) is 52.5 Å². The molecule has 1 aliphatic rings. The van der Waals surface area contributed by atoms with Crippen molar-refractivity contribution in [1.29, 1.82) is 0 Å². The highest BCUT2D eigenvalue weighted by molar-refractivity contribution is 6.30. The normalized spacial score (nSPS) is 28.6. The predicted molar refractivity (Wildman–Crippen MR) is 76.3 cm³/mol. The quantitative estimate of drug-likeness (QED) is 0.754. The Hall–Kier alpha value is -1.14. The number of rotatable bonds is 3. The van der Waals surface area contributed by atoms with Crippen LogP contribution in [0.2, 0.25) is 5.02 Å². The van der Waals surface area contributed by atoms with Gasteiger partial charge in [0.05, 0.1) is 18.2 Å². The first kappa shape index (κ1) is 15.3. The zero-order chi connectivity index (χ0) is 14.9. The van der Waals surface area contributed by atoms with Crippen LogP contribution in [0.3, 0.4) is 0 Å². The molecule has 0 bridgehead atoms. The average molecular weight is 299 g/mol. The van der Waals surface area contributed by atoms with Crippen molar-refractivity contribution < 1.29 is 15.0 Å². The van der Waals surface area contributed by atoms with Crippen LogP contribution in [0.4, 0.5) is 0 Å². The van der Waals surface area contributed by atoms with Crippen molar-refractivity contribution in [2.24, 2.45) is 0 Å². The minimum atomic E-state index is -0.949. The van der Waals surface area contributed by atoms with Gasteiger partial charge in [-0.2, -0.15) is 0 Å². The van der Waals surface area contributed by atoms with Crippen molar-refractivity contribution in [3.63, 3.8) is 0 Å². The summed E-state index contributed by atoms with van der Waals surface area (Å²) in [6.07, 6.45) is -1.29. The largest absolute Gasteiger partial charge is 0.391 e. The second-order valence-electron chi connectivity index (χ2n) is 5.18. The van der Waals surface area contributed by atoms with Gasteiger partial charge in [-0.05, 0) is 31.0 Å². The highest BCUT2D eigenvalue weighted by Gasteiger charge is 2.40. The number of nitrogens with one attached hydrogen (secondary N) is 1. The molecule has 2 rings (SSSR count). The molecule has 20 heavy (non-hydrogen) atoms. The Labute approximate surface area is 123 Å². The molecule has 1 aliphatic heterocycles. The fourth-order valence-electron chi connectivity index (χ4n) is 2.57. The second-order valence-corrected chi connectivity index (χ2v) is 5.61. The number of benzene rings is 1. The molecule has 5 nitrogen and oxygen atoms in total. The Kier molecular flexibility index (Phi) is 4.65. The van der Waals surface area contributed by atoms with Crippen LogP contribution in [0.15, 0.2) is 24.3 Å². The van der Waals surface area contributed by atoms with Crippen molar-refractivity contribution in [2.45, 2.75) is 37.8 Å². The van der Waals surface area contributed by atoms with Crippen LogP contribution in [0, 0.1) is 0 Å². The maximum atomic E-state index is 12.3. The van der Waals surface area contributed by atoms with E-state index in [4.69, 9.17) is 11.6 Å². The summed E-state index contributed by atoms with van der Waals surface area (Å²) in [6.45, 7) is 1.55. The van der Waals surface area contributed by atoms with Gasteiger partial charge in [0.15, 0.2) is 0 Å². The van der Waals surface area contributed by atoms with E-state index < -0.39 is 24.4 Å². The fourth-order valence-corrected chi connectivity index (χ4v) is 2.70. The second kappa shape index (κ2) is 6.10. The molecule has 0 saturated carbocycles. The van der Waals surface area contributed by atoms with Gasteiger partial charge in [0.1, 0.15) is 6.23 Å². The summed E-state index contributed by atoms with van der Waals surface area (Å²) < 4.78 is 0. The lowest BCUT2D eigenvalue weighted by Gasteiger charge is -2.42. The number of hydrogen-bond donors (Lipinski definition) is 3. The maximum Gasteiger partial charge on any atom is 0.240 e. The summed E-state index contributed by atoms with van der Waals surface area (Å²) in [5.74, 6) is -0.142. The summed E-state index contributed by atoms with van der Waals surface area (Å²) in [5.41, 5.74) is 0.955. The van der Waals surface area contributed by atoms with E-state index in [-0.39, 0.29) is 5.91 Å². The molecule has 1 heterocycles. The highest BCUT2D eigenvalue weighted by atomic mass is 35.5. The van der Waals surface area contributed by atoms with Gasteiger partial charge in [-0.1, -0.05) is 23.7 Å². The van der Waals surface area contributed by atoms with Gasteiger partial charge < -0.3 is 15.1 Å². The smallest absolute Gasteiger partial charge is 0.240 e. The first-order valence-corrected chi connectivity index (χ1v) is 6.91. The number of hydrogen-bond acceptors (Lipinski definition) is 4. The molecular formula is C14H19ClN2O3. The van der Waals surface area contributed by atoms with Gasteiger partial charge in [0, 0.05) is 12.1 Å². The van der Waals surface area contributed by atoms with Crippen LogP contribution < -0.4 is 5.32 Å². The number of halogens is 1. The summed E-state index contributed by atoms with van der Waals surface area (Å²) >= 11 is 5.82. The number of carbonyl (C=O) groups is 1.